The molecule has 9 nitrogen and oxygen atoms in total. The lowest BCUT2D eigenvalue weighted by molar-refractivity contribution is -0.122. The number of nitrogens with one attached hydrogen (secondary N) is 4. The van der Waals surface area contributed by atoms with Gasteiger partial charge in [-0.3, -0.25) is 9.89 Å². The number of aromatic nitrogens is 5. The SMILES string of the molecule is CC(C)CC(=O)NCCOC1C=CC(c2nnc(Nc3ccc4[nH]ncc4c3)[nH]2)=CC1. The van der Waals surface area contributed by atoms with Gasteiger partial charge in [-0.1, -0.05) is 32.1 Å². The van der Waals surface area contributed by atoms with E-state index in [1.54, 1.807) is 6.20 Å². The summed E-state index contributed by atoms with van der Waals surface area (Å²) < 4.78 is 5.82. The van der Waals surface area contributed by atoms with Crippen molar-refractivity contribution < 1.29 is 9.53 Å². The first kappa shape index (κ1) is 20.8. The van der Waals surface area contributed by atoms with Crippen LogP contribution in [0.15, 0.2) is 42.6 Å². The molecule has 1 atom stereocenters. The highest BCUT2D eigenvalue weighted by molar-refractivity contribution is 5.82. The molecule has 1 amide bonds. The maximum absolute atomic E-state index is 11.7. The van der Waals surface area contributed by atoms with Crippen molar-refractivity contribution in [1.29, 1.82) is 0 Å². The van der Waals surface area contributed by atoms with Gasteiger partial charge >= 0.3 is 0 Å². The predicted octanol–water partition coefficient (Wildman–Crippen LogP) is 3.32. The molecule has 9 heteroatoms. The smallest absolute Gasteiger partial charge is 0.226 e. The largest absolute Gasteiger partial charge is 0.372 e. The summed E-state index contributed by atoms with van der Waals surface area (Å²) in [6.07, 6.45) is 9.12. The summed E-state index contributed by atoms with van der Waals surface area (Å²) in [7, 11) is 0. The number of aromatic amines is 2. The molecule has 0 bridgehead atoms. The number of hydrogen-bond donors (Lipinski definition) is 4. The summed E-state index contributed by atoms with van der Waals surface area (Å²) in [5.74, 6) is 1.70. The maximum atomic E-state index is 11.7. The maximum Gasteiger partial charge on any atom is 0.226 e. The van der Waals surface area contributed by atoms with Crippen LogP contribution in [0.2, 0.25) is 0 Å². The molecule has 0 saturated carbocycles. The fourth-order valence-electron chi connectivity index (χ4n) is 3.35. The summed E-state index contributed by atoms with van der Waals surface area (Å²) in [6, 6.07) is 5.91. The summed E-state index contributed by atoms with van der Waals surface area (Å²) in [6.45, 7) is 5.06. The van der Waals surface area contributed by atoms with E-state index in [9.17, 15) is 4.79 Å². The predicted molar refractivity (Wildman–Crippen MR) is 120 cm³/mol. The molecule has 0 fully saturated rings. The number of benzene rings is 1. The minimum atomic E-state index is -0.00652. The summed E-state index contributed by atoms with van der Waals surface area (Å²) in [5, 5.41) is 22.5. The van der Waals surface area contributed by atoms with Gasteiger partial charge < -0.3 is 20.4 Å². The van der Waals surface area contributed by atoms with Crippen LogP contribution in [-0.4, -0.2) is 50.5 Å². The topological polar surface area (TPSA) is 121 Å². The molecule has 0 saturated heterocycles. The minimum Gasteiger partial charge on any atom is -0.372 e. The zero-order valence-electron chi connectivity index (χ0n) is 17.7. The zero-order valence-corrected chi connectivity index (χ0v) is 17.7. The Kier molecular flexibility index (Phi) is 6.42. The normalized spacial score (nSPS) is 16.0. The van der Waals surface area contributed by atoms with Crippen LogP contribution >= 0.6 is 0 Å². The van der Waals surface area contributed by atoms with Crippen LogP contribution in [0.1, 0.15) is 32.5 Å². The minimum absolute atomic E-state index is 0.00652. The summed E-state index contributed by atoms with van der Waals surface area (Å²) in [5.41, 5.74) is 2.85. The van der Waals surface area contributed by atoms with Crippen LogP contribution in [0.25, 0.3) is 16.5 Å². The first-order valence-electron chi connectivity index (χ1n) is 10.5. The van der Waals surface area contributed by atoms with Crippen molar-refractivity contribution in [3.8, 4) is 0 Å². The number of carbonyl (C=O) groups is 1. The highest BCUT2D eigenvalue weighted by Gasteiger charge is 2.13. The van der Waals surface area contributed by atoms with Crippen LogP contribution in [0.5, 0.6) is 0 Å². The summed E-state index contributed by atoms with van der Waals surface area (Å²) >= 11 is 0. The number of hydrogen-bond acceptors (Lipinski definition) is 6. The van der Waals surface area contributed by atoms with Crippen LogP contribution in [0.4, 0.5) is 11.6 Å². The second kappa shape index (κ2) is 9.57. The van der Waals surface area contributed by atoms with Crippen molar-refractivity contribution in [2.75, 3.05) is 18.5 Å². The standard InChI is InChI=1S/C22H27N7O2/c1-14(2)11-20(30)23-9-10-31-18-6-3-15(4-7-18)21-26-22(29-28-21)25-17-5-8-19-16(12-17)13-24-27-19/h3-6,8,12-14,18H,7,9-11H2,1-2H3,(H,23,30)(H,24,27)(H2,25,26,28,29). The number of allylic oxidation sites excluding steroid dienone is 2. The molecule has 31 heavy (non-hydrogen) atoms. The molecule has 4 rings (SSSR count). The summed E-state index contributed by atoms with van der Waals surface area (Å²) in [4.78, 5) is 14.9. The number of H-pyrrole nitrogens is 2. The number of carbonyl (C=O) groups excluding carboxylic acids is 1. The average molecular weight is 422 g/mol. The Morgan fingerprint density at radius 1 is 1.32 bits per heavy atom. The first-order chi connectivity index (χ1) is 15.1. The number of amides is 1. The van der Waals surface area contributed by atoms with Crippen molar-refractivity contribution in [2.45, 2.75) is 32.8 Å². The molecule has 2 heterocycles. The first-order valence-corrected chi connectivity index (χ1v) is 10.5. The third-order valence-electron chi connectivity index (χ3n) is 4.87. The highest BCUT2D eigenvalue weighted by Crippen LogP contribution is 2.23. The number of nitrogens with zero attached hydrogens (tertiary/aromatic N) is 3. The van der Waals surface area contributed by atoms with E-state index in [1.807, 2.05) is 44.2 Å². The lowest BCUT2D eigenvalue weighted by Gasteiger charge is -2.16. The molecule has 0 radical (unpaired) electrons. The molecule has 0 spiro atoms. The van der Waals surface area contributed by atoms with Crippen molar-refractivity contribution in [2.24, 2.45) is 5.92 Å². The van der Waals surface area contributed by atoms with E-state index in [1.165, 1.54) is 0 Å². The van der Waals surface area contributed by atoms with Gasteiger partial charge in [-0.05, 0) is 30.5 Å². The van der Waals surface area contributed by atoms with E-state index in [0.717, 1.165) is 28.6 Å². The van der Waals surface area contributed by atoms with Gasteiger partial charge in [-0.25, -0.2) is 0 Å². The molecule has 1 aromatic carbocycles. The van der Waals surface area contributed by atoms with E-state index >= 15 is 0 Å². The van der Waals surface area contributed by atoms with Gasteiger partial charge in [0, 0.05) is 29.6 Å². The number of fused-ring (bicyclic) bond motifs is 1. The number of anilines is 2. The van der Waals surface area contributed by atoms with Crippen LogP contribution in [0.3, 0.4) is 0 Å². The lowest BCUT2D eigenvalue weighted by Crippen LogP contribution is -2.29. The van der Waals surface area contributed by atoms with Gasteiger partial charge in [0.2, 0.25) is 11.9 Å². The Morgan fingerprint density at radius 2 is 2.23 bits per heavy atom. The molecule has 4 N–H and O–H groups in total. The van der Waals surface area contributed by atoms with Gasteiger partial charge in [0.25, 0.3) is 0 Å². The van der Waals surface area contributed by atoms with Gasteiger partial charge in [0.1, 0.15) is 0 Å². The Labute approximate surface area is 180 Å². The second-order valence-corrected chi connectivity index (χ2v) is 7.93. The molecule has 3 aromatic rings. The molecule has 0 aliphatic heterocycles. The van der Waals surface area contributed by atoms with E-state index in [2.05, 4.69) is 42.1 Å². The van der Waals surface area contributed by atoms with Gasteiger partial charge in [0.15, 0.2) is 5.82 Å². The molecule has 162 valence electrons. The van der Waals surface area contributed by atoms with Crippen molar-refractivity contribution in [1.82, 2.24) is 30.7 Å². The Balaban J connectivity index is 1.25. The van der Waals surface area contributed by atoms with E-state index in [4.69, 9.17) is 4.74 Å². The Bertz CT molecular complexity index is 1100. The second-order valence-electron chi connectivity index (χ2n) is 7.93. The molecular weight excluding hydrogens is 394 g/mol. The lowest BCUT2D eigenvalue weighted by atomic mass is 10.0. The van der Waals surface area contributed by atoms with Gasteiger partial charge in [-0.2, -0.15) is 5.10 Å². The Morgan fingerprint density at radius 3 is 3.03 bits per heavy atom. The molecule has 1 aliphatic rings. The average Bonchev–Trinajstić information content (AvgIpc) is 3.40. The molecule has 1 aliphatic carbocycles. The zero-order chi connectivity index (χ0) is 21.6. The molecule has 1 unspecified atom stereocenters. The van der Waals surface area contributed by atoms with Crippen LogP contribution in [-0.2, 0) is 9.53 Å². The van der Waals surface area contributed by atoms with Crippen LogP contribution in [0, 0.1) is 5.92 Å². The number of rotatable bonds is 9. The van der Waals surface area contributed by atoms with Crippen LogP contribution < -0.4 is 10.6 Å². The van der Waals surface area contributed by atoms with E-state index < -0.39 is 0 Å². The fraction of sp³-hybridized carbons (Fsp3) is 0.364. The molecule has 2 aromatic heterocycles. The Hall–Kier alpha value is -3.46. The number of ether oxygens (including phenoxy) is 1. The van der Waals surface area contributed by atoms with E-state index in [-0.39, 0.29) is 12.0 Å². The van der Waals surface area contributed by atoms with E-state index in [0.29, 0.717) is 37.3 Å². The van der Waals surface area contributed by atoms with Crippen molar-refractivity contribution in [3.05, 3.63) is 48.4 Å². The van der Waals surface area contributed by atoms with Gasteiger partial charge in [-0.15, -0.1) is 10.2 Å². The highest BCUT2D eigenvalue weighted by atomic mass is 16.5. The third kappa shape index (κ3) is 5.58. The monoisotopic (exact) mass is 421 g/mol. The quantitative estimate of drug-likeness (QED) is 0.393. The molecular formula is C22H27N7O2. The van der Waals surface area contributed by atoms with Gasteiger partial charge in [0.05, 0.1) is 24.4 Å². The van der Waals surface area contributed by atoms with Crippen molar-refractivity contribution >= 4 is 34.0 Å². The third-order valence-corrected chi connectivity index (χ3v) is 4.87. The fourth-order valence-corrected chi connectivity index (χ4v) is 3.35. The van der Waals surface area contributed by atoms with Crippen molar-refractivity contribution in [3.63, 3.8) is 0 Å².